The van der Waals surface area contributed by atoms with Crippen molar-refractivity contribution < 1.29 is 9.90 Å². The minimum Gasteiger partial charge on any atom is -0.378 e. The number of thiophene rings is 1. The molecule has 0 saturated carbocycles. The number of nitrogens with zero attached hydrogens (tertiary/aromatic N) is 1. The molecule has 2 heterocycles. The second kappa shape index (κ2) is 5.20. The maximum atomic E-state index is 11.5. The van der Waals surface area contributed by atoms with Crippen molar-refractivity contribution >= 4 is 44.5 Å². The van der Waals surface area contributed by atoms with Gasteiger partial charge < -0.3 is 15.3 Å². The molecule has 1 aliphatic rings. The number of carbonyl (C=O) groups excluding carboxylic acids is 1. The summed E-state index contributed by atoms with van der Waals surface area (Å²) in [6.07, 6.45) is -1.07. The van der Waals surface area contributed by atoms with E-state index in [1.54, 1.807) is 17.4 Å². The number of benzene rings is 1. The number of aliphatic hydroxyl groups is 1. The Kier molecular flexibility index (Phi) is 3.54. The number of aliphatic hydroxyl groups excluding tert-OH is 1. The van der Waals surface area contributed by atoms with E-state index in [1.165, 1.54) is 4.88 Å². The molecule has 20 heavy (non-hydrogen) atoms. The third kappa shape index (κ3) is 2.34. The fourth-order valence-electron chi connectivity index (χ4n) is 2.27. The second-order valence-corrected chi connectivity index (χ2v) is 6.60. The first-order valence-electron chi connectivity index (χ1n) is 6.12. The Morgan fingerprint density at radius 3 is 3.00 bits per heavy atom. The number of fused-ring (bicyclic) bond motifs is 1. The molecule has 104 valence electrons. The minimum absolute atomic E-state index is 0.370. The molecule has 6 heteroatoms. The molecule has 1 aromatic carbocycles. The third-order valence-corrected chi connectivity index (χ3v) is 4.80. The monoisotopic (exact) mass is 352 g/mol. The van der Waals surface area contributed by atoms with Gasteiger partial charge in [-0.05, 0) is 39.5 Å². The van der Waals surface area contributed by atoms with Crippen LogP contribution in [0, 0.1) is 0 Å². The molecule has 1 atom stereocenters. The van der Waals surface area contributed by atoms with Crippen LogP contribution in [0.15, 0.2) is 34.1 Å². The molecule has 4 nitrogen and oxygen atoms in total. The fraction of sp³-hybridized carbons (Fsp3) is 0.214. The van der Waals surface area contributed by atoms with Crippen LogP contribution in [0.4, 0.5) is 11.4 Å². The van der Waals surface area contributed by atoms with Crippen LogP contribution in [-0.2, 0) is 11.3 Å². The lowest BCUT2D eigenvalue weighted by molar-refractivity contribution is -0.123. The number of halogens is 1. The van der Waals surface area contributed by atoms with E-state index in [9.17, 15) is 9.90 Å². The van der Waals surface area contributed by atoms with Crippen LogP contribution in [0.1, 0.15) is 16.5 Å². The highest BCUT2D eigenvalue weighted by Crippen LogP contribution is 2.39. The van der Waals surface area contributed by atoms with Crippen LogP contribution in [0.25, 0.3) is 0 Å². The largest absolute Gasteiger partial charge is 0.378 e. The zero-order valence-electron chi connectivity index (χ0n) is 10.8. The Morgan fingerprint density at radius 1 is 1.50 bits per heavy atom. The van der Waals surface area contributed by atoms with Crippen LogP contribution in [0.5, 0.6) is 0 Å². The van der Waals surface area contributed by atoms with E-state index < -0.39 is 6.10 Å². The summed E-state index contributed by atoms with van der Waals surface area (Å²) < 4.78 is 0.867. The van der Waals surface area contributed by atoms with E-state index >= 15 is 0 Å². The summed E-state index contributed by atoms with van der Waals surface area (Å²) in [6.45, 7) is 0.797. The topological polar surface area (TPSA) is 52.6 Å². The molecule has 0 saturated heterocycles. The average molecular weight is 353 g/mol. The lowest BCUT2D eigenvalue weighted by Crippen LogP contribution is -2.16. The second-order valence-electron chi connectivity index (χ2n) is 4.72. The number of anilines is 2. The van der Waals surface area contributed by atoms with E-state index in [0.717, 1.165) is 16.7 Å². The SMILES string of the molecule is CN(Cc1cccs1)c1cc2c(cc1Br)C(O)C(=O)N2. The van der Waals surface area contributed by atoms with Crippen molar-refractivity contribution in [3.63, 3.8) is 0 Å². The van der Waals surface area contributed by atoms with Gasteiger partial charge >= 0.3 is 0 Å². The van der Waals surface area contributed by atoms with E-state index in [-0.39, 0.29) is 5.91 Å². The molecule has 1 amide bonds. The van der Waals surface area contributed by atoms with Gasteiger partial charge in [0.25, 0.3) is 5.91 Å². The van der Waals surface area contributed by atoms with Gasteiger partial charge in [0.15, 0.2) is 6.10 Å². The van der Waals surface area contributed by atoms with Crippen molar-refractivity contribution in [2.75, 3.05) is 17.3 Å². The van der Waals surface area contributed by atoms with Crippen molar-refractivity contribution in [1.29, 1.82) is 0 Å². The van der Waals surface area contributed by atoms with Crippen molar-refractivity contribution in [2.45, 2.75) is 12.6 Å². The first-order chi connectivity index (χ1) is 9.56. The Labute approximate surface area is 129 Å². The molecule has 1 aliphatic heterocycles. The van der Waals surface area contributed by atoms with Crippen molar-refractivity contribution in [3.8, 4) is 0 Å². The van der Waals surface area contributed by atoms with Gasteiger partial charge in [0.1, 0.15) is 0 Å². The Morgan fingerprint density at radius 2 is 2.30 bits per heavy atom. The van der Waals surface area contributed by atoms with Gasteiger partial charge in [0.2, 0.25) is 0 Å². The molecule has 0 spiro atoms. The van der Waals surface area contributed by atoms with E-state index in [1.807, 2.05) is 19.2 Å². The van der Waals surface area contributed by atoms with Gasteiger partial charge in [-0.1, -0.05) is 6.07 Å². The third-order valence-electron chi connectivity index (χ3n) is 3.30. The minimum atomic E-state index is -1.07. The van der Waals surface area contributed by atoms with E-state index in [2.05, 4.69) is 37.6 Å². The summed E-state index contributed by atoms with van der Waals surface area (Å²) in [7, 11) is 2.00. The quantitative estimate of drug-likeness (QED) is 0.892. The summed E-state index contributed by atoms with van der Waals surface area (Å²) in [5, 5.41) is 14.5. The first-order valence-corrected chi connectivity index (χ1v) is 7.79. The van der Waals surface area contributed by atoms with Gasteiger partial charge in [-0.15, -0.1) is 11.3 Å². The summed E-state index contributed by atoms with van der Waals surface area (Å²) in [6, 6.07) is 7.81. The number of nitrogens with one attached hydrogen (secondary N) is 1. The van der Waals surface area contributed by atoms with Crippen LogP contribution in [0.2, 0.25) is 0 Å². The maximum Gasteiger partial charge on any atom is 0.257 e. The lowest BCUT2D eigenvalue weighted by atomic mass is 10.1. The van der Waals surface area contributed by atoms with Crippen molar-refractivity contribution in [3.05, 3.63) is 44.6 Å². The highest BCUT2D eigenvalue weighted by atomic mass is 79.9. The summed E-state index contributed by atoms with van der Waals surface area (Å²) >= 11 is 5.22. The highest BCUT2D eigenvalue weighted by molar-refractivity contribution is 9.10. The fourth-order valence-corrected chi connectivity index (χ4v) is 3.69. The maximum absolute atomic E-state index is 11.5. The Balaban J connectivity index is 1.91. The number of amides is 1. The summed E-state index contributed by atoms with van der Waals surface area (Å²) in [4.78, 5) is 14.9. The van der Waals surface area contributed by atoms with E-state index in [0.29, 0.717) is 11.3 Å². The molecule has 0 radical (unpaired) electrons. The Hall–Kier alpha value is -1.37. The predicted octanol–water partition coefficient (Wildman–Crippen LogP) is 3.13. The summed E-state index contributed by atoms with van der Waals surface area (Å²) in [5.74, 6) is -0.370. The summed E-state index contributed by atoms with van der Waals surface area (Å²) in [5.41, 5.74) is 2.28. The zero-order valence-corrected chi connectivity index (χ0v) is 13.2. The average Bonchev–Trinajstić information content (AvgIpc) is 3.00. The number of hydrogen-bond donors (Lipinski definition) is 2. The number of carbonyl (C=O) groups is 1. The molecule has 1 aromatic heterocycles. The molecular formula is C14H13BrN2O2S. The lowest BCUT2D eigenvalue weighted by Gasteiger charge is -2.21. The molecule has 0 aliphatic carbocycles. The van der Waals surface area contributed by atoms with Crippen LogP contribution < -0.4 is 10.2 Å². The Bertz CT molecular complexity index is 657. The highest BCUT2D eigenvalue weighted by Gasteiger charge is 2.29. The van der Waals surface area contributed by atoms with E-state index in [4.69, 9.17) is 0 Å². The molecule has 1 unspecified atom stereocenters. The molecule has 0 fully saturated rings. The molecule has 0 bridgehead atoms. The van der Waals surface area contributed by atoms with Crippen LogP contribution >= 0.6 is 27.3 Å². The van der Waals surface area contributed by atoms with Gasteiger partial charge in [-0.3, -0.25) is 4.79 Å². The van der Waals surface area contributed by atoms with Crippen LogP contribution in [0.3, 0.4) is 0 Å². The normalized spacial score (nSPS) is 16.9. The van der Waals surface area contributed by atoms with Gasteiger partial charge in [0, 0.05) is 27.6 Å². The zero-order chi connectivity index (χ0) is 14.3. The van der Waals surface area contributed by atoms with Crippen molar-refractivity contribution in [2.24, 2.45) is 0 Å². The van der Waals surface area contributed by atoms with Gasteiger partial charge in [0.05, 0.1) is 12.2 Å². The van der Waals surface area contributed by atoms with Gasteiger partial charge in [-0.25, -0.2) is 0 Å². The molecular weight excluding hydrogens is 340 g/mol. The first kappa shape index (κ1) is 13.6. The number of rotatable bonds is 3. The standard InChI is InChI=1S/C14H13BrN2O2S/c1-17(7-8-3-2-4-20-8)12-6-11-9(5-10(12)15)13(18)14(19)16-11/h2-6,13,18H,7H2,1H3,(H,16,19). The van der Waals surface area contributed by atoms with Crippen molar-refractivity contribution in [1.82, 2.24) is 0 Å². The van der Waals surface area contributed by atoms with Gasteiger partial charge in [-0.2, -0.15) is 0 Å². The number of hydrogen-bond acceptors (Lipinski definition) is 4. The molecule has 2 N–H and O–H groups in total. The molecule has 2 aromatic rings. The predicted molar refractivity (Wildman–Crippen MR) is 84.2 cm³/mol. The van der Waals surface area contributed by atoms with Crippen LogP contribution in [-0.4, -0.2) is 18.1 Å². The smallest absolute Gasteiger partial charge is 0.257 e. The molecule has 3 rings (SSSR count).